The van der Waals surface area contributed by atoms with E-state index in [2.05, 4.69) is 23.3 Å². The summed E-state index contributed by atoms with van der Waals surface area (Å²) in [5.41, 5.74) is 1.13. The maximum Gasteiger partial charge on any atom is 0.235 e. The van der Waals surface area contributed by atoms with Crippen LogP contribution >= 0.6 is 0 Å². The first-order valence-electron chi connectivity index (χ1n) is 6.67. The quantitative estimate of drug-likeness (QED) is 0.916. The highest BCUT2D eigenvalue weighted by Crippen LogP contribution is 2.32. The smallest absolute Gasteiger partial charge is 0.235 e. The predicted molar refractivity (Wildman–Crippen MR) is 72.0 cm³/mol. The van der Waals surface area contributed by atoms with Gasteiger partial charge in [-0.25, -0.2) is 4.98 Å². The summed E-state index contributed by atoms with van der Waals surface area (Å²) in [6.07, 6.45) is 4.24. The van der Waals surface area contributed by atoms with Gasteiger partial charge in [0.1, 0.15) is 12.0 Å². The molecule has 19 heavy (non-hydrogen) atoms. The molecule has 3 rings (SSSR count). The highest BCUT2D eigenvalue weighted by Gasteiger charge is 2.31. The third-order valence-electron chi connectivity index (χ3n) is 3.57. The van der Waals surface area contributed by atoms with E-state index < -0.39 is 0 Å². The number of oxazole rings is 1. The van der Waals surface area contributed by atoms with E-state index in [0.717, 1.165) is 30.8 Å². The lowest BCUT2D eigenvalue weighted by molar-refractivity contribution is 0.113. The number of aryl methyl sites for hydroxylation is 1. The monoisotopic (exact) mass is 258 g/mol. The number of benzene rings is 1. The Morgan fingerprint density at radius 3 is 3.00 bits per heavy atom. The minimum Gasteiger partial charge on any atom is -0.480 e. The summed E-state index contributed by atoms with van der Waals surface area (Å²) in [7, 11) is 0. The topological polar surface area (TPSA) is 47.3 Å². The van der Waals surface area contributed by atoms with Crippen molar-refractivity contribution in [1.82, 2.24) is 10.3 Å². The fourth-order valence-corrected chi connectivity index (χ4v) is 2.48. The van der Waals surface area contributed by atoms with Crippen molar-refractivity contribution in [1.29, 1.82) is 0 Å². The molecule has 1 N–H and O–H groups in total. The number of nitrogens with one attached hydrogen (secondary N) is 1. The number of nitrogens with zero attached hydrogens (tertiary/aromatic N) is 1. The van der Waals surface area contributed by atoms with E-state index in [1.54, 1.807) is 12.5 Å². The van der Waals surface area contributed by atoms with Crippen LogP contribution in [-0.2, 0) is 0 Å². The van der Waals surface area contributed by atoms with Crippen molar-refractivity contribution in [2.75, 3.05) is 13.1 Å². The van der Waals surface area contributed by atoms with Gasteiger partial charge in [0.05, 0.1) is 6.20 Å². The molecule has 2 aromatic rings. The van der Waals surface area contributed by atoms with Crippen LogP contribution in [0.3, 0.4) is 0 Å². The molecule has 2 atom stereocenters. The number of rotatable bonds is 4. The summed E-state index contributed by atoms with van der Waals surface area (Å²) in [5, 5.41) is 3.37. The zero-order valence-electron chi connectivity index (χ0n) is 11.0. The van der Waals surface area contributed by atoms with Crippen LogP contribution in [0, 0.1) is 12.8 Å². The summed E-state index contributed by atoms with van der Waals surface area (Å²) in [6.45, 7) is 4.02. The summed E-state index contributed by atoms with van der Waals surface area (Å²) in [5.74, 6) is 1.97. The molecule has 1 fully saturated rings. The van der Waals surface area contributed by atoms with Crippen molar-refractivity contribution < 1.29 is 9.15 Å². The molecule has 0 saturated carbocycles. The Labute approximate surface area is 112 Å². The maximum absolute atomic E-state index is 6.18. The van der Waals surface area contributed by atoms with Gasteiger partial charge in [-0.2, -0.15) is 0 Å². The fraction of sp³-hybridized carbons (Fsp3) is 0.400. The van der Waals surface area contributed by atoms with Crippen LogP contribution in [0.15, 0.2) is 41.1 Å². The van der Waals surface area contributed by atoms with Crippen LogP contribution in [0.1, 0.15) is 24.0 Å². The third-order valence-corrected chi connectivity index (χ3v) is 3.57. The molecule has 0 spiro atoms. The van der Waals surface area contributed by atoms with E-state index in [1.807, 2.05) is 18.2 Å². The van der Waals surface area contributed by atoms with Crippen molar-refractivity contribution in [3.63, 3.8) is 0 Å². The normalized spacial score (nSPS) is 20.4. The molecular weight excluding hydrogens is 240 g/mol. The number of hydrogen-bond acceptors (Lipinski definition) is 4. The molecule has 1 aliphatic rings. The molecule has 2 heterocycles. The van der Waals surface area contributed by atoms with E-state index >= 15 is 0 Å². The Balaban J connectivity index is 1.85. The Kier molecular flexibility index (Phi) is 3.51. The van der Waals surface area contributed by atoms with Gasteiger partial charge in [0.2, 0.25) is 5.89 Å². The van der Waals surface area contributed by atoms with Gasteiger partial charge >= 0.3 is 0 Å². The Morgan fingerprint density at radius 1 is 1.42 bits per heavy atom. The fourth-order valence-electron chi connectivity index (χ4n) is 2.48. The zero-order chi connectivity index (χ0) is 13.1. The Hall–Kier alpha value is -1.81. The number of ether oxygens (including phenoxy) is 1. The van der Waals surface area contributed by atoms with E-state index in [1.165, 1.54) is 0 Å². The van der Waals surface area contributed by atoms with Crippen LogP contribution in [0.4, 0.5) is 0 Å². The van der Waals surface area contributed by atoms with Gasteiger partial charge in [-0.05, 0) is 31.5 Å². The van der Waals surface area contributed by atoms with E-state index in [4.69, 9.17) is 9.15 Å². The molecule has 1 aliphatic heterocycles. The van der Waals surface area contributed by atoms with Gasteiger partial charge < -0.3 is 14.5 Å². The summed E-state index contributed by atoms with van der Waals surface area (Å²) >= 11 is 0. The van der Waals surface area contributed by atoms with Gasteiger partial charge in [0.15, 0.2) is 6.10 Å². The van der Waals surface area contributed by atoms with Crippen molar-refractivity contribution >= 4 is 0 Å². The predicted octanol–water partition coefficient (Wildman–Crippen LogP) is 2.71. The Morgan fingerprint density at radius 2 is 2.32 bits per heavy atom. The second-order valence-electron chi connectivity index (χ2n) is 4.93. The number of para-hydroxylation sites is 1. The van der Waals surface area contributed by atoms with Crippen LogP contribution in [0.2, 0.25) is 0 Å². The molecule has 0 amide bonds. The number of aromatic nitrogens is 1. The molecule has 0 bridgehead atoms. The average Bonchev–Trinajstić information content (AvgIpc) is 3.11. The second kappa shape index (κ2) is 5.45. The minimum atomic E-state index is -0.119. The lowest BCUT2D eigenvalue weighted by Gasteiger charge is -2.22. The van der Waals surface area contributed by atoms with Crippen molar-refractivity contribution in [2.45, 2.75) is 19.4 Å². The van der Waals surface area contributed by atoms with E-state index in [0.29, 0.717) is 11.8 Å². The first-order chi connectivity index (χ1) is 9.34. The van der Waals surface area contributed by atoms with Gasteiger partial charge in [-0.3, -0.25) is 0 Å². The molecule has 4 nitrogen and oxygen atoms in total. The SMILES string of the molecule is Cc1ccccc1O[C@@H](c1ncco1)[C@H]1CCNC1. The zero-order valence-corrected chi connectivity index (χ0v) is 11.0. The molecular formula is C15H18N2O2. The maximum atomic E-state index is 6.18. The Bertz CT molecular complexity index is 519. The number of hydrogen-bond donors (Lipinski definition) is 1. The van der Waals surface area contributed by atoms with Gasteiger partial charge in [-0.1, -0.05) is 18.2 Å². The largest absolute Gasteiger partial charge is 0.480 e. The van der Waals surface area contributed by atoms with Crippen LogP contribution in [0.5, 0.6) is 5.75 Å². The lowest BCUT2D eigenvalue weighted by Crippen LogP contribution is -2.22. The third kappa shape index (κ3) is 2.63. The molecule has 1 aromatic carbocycles. The van der Waals surface area contributed by atoms with Gasteiger partial charge in [0.25, 0.3) is 0 Å². The highest BCUT2D eigenvalue weighted by molar-refractivity contribution is 5.32. The first kappa shape index (κ1) is 12.2. The van der Waals surface area contributed by atoms with E-state index in [-0.39, 0.29) is 6.10 Å². The lowest BCUT2D eigenvalue weighted by atomic mass is 10.0. The van der Waals surface area contributed by atoms with Gasteiger partial charge in [-0.15, -0.1) is 0 Å². The highest BCUT2D eigenvalue weighted by atomic mass is 16.5. The molecule has 0 radical (unpaired) electrons. The van der Waals surface area contributed by atoms with Crippen LogP contribution < -0.4 is 10.1 Å². The standard InChI is InChI=1S/C15H18N2O2/c1-11-4-2-3-5-13(11)19-14(12-6-7-16-10-12)15-17-8-9-18-15/h2-5,8-9,12,14,16H,6-7,10H2,1H3/t12-,14+/m0/s1. The van der Waals surface area contributed by atoms with Crippen LogP contribution in [-0.4, -0.2) is 18.1 Å². The molecule has 1 saturated heterocycles. The summed E-state index contributed by atoms with van der Waals surface area (Å²) < 4.78 is 11.6. The van der Waals surface area contributed by atoms with Crippen LogP contribution in [0.25, 0.3) is 0 Å². The summed E-state index contributed by atoms with van der Waals surface area (Å²) in [6, 6.07) is 8.05. The molecule has 100 valence electrons. The van der Waals surface area contributed by atoms with Crippen molar-refractivity contribution in [2.24, 2.45) is 5.92 Å². The molecule has 4 heteroatoms. The first-order valence-corrected chi connectivity index (χ1v) is 6.67. The van der Waals surface area contributed by atoms with Gasteiger partial charge in [0, 0.05) is 12.5 Å². The van der Waals surface area contributed by atoms with Crippen molar-refractivity contribution in [3.8, 4) is 5.75 Å². The molecule has 1 aromatic heterocycles. The average molecular weight is 258 g/mol. The van der Waals surface area contributed by atoms with Crippen molar-refractivity contribution in [3.05, 3.63) is 48.2 Å². The van der Waals surface area contributed by atoms with E-state index in [9.17, 15) is 0 Å². The minimum absolute atomic E-state index is 0.119. The second-order valence-corrected chi connectivity index (χ2v) is 4.93. The molecule has 0 aliphatic carbocycles. The molecule has 0 unspecified atom stereocenters. The summed E-state index contributed by atoms with van der Waals surface area (Å²) in [4.78, 5) is 4.27.